The van der Waals surface area contributed by atoms with Crippen molar-refractivity contribution in [3.05, 3.63) is 64.7 Å². The smallest absolute Gasteiger partial charge is 0.0620 e. The molecule has 0 saturated heterocycles. The molecule has 0 N–H and O–H groups in total. The number of fused-ring (bicyclic) bond motifs is 10. The maximum absolute atomic E-state index is 2.63. The van der Waals surface area contributed by atoms with Gasteiger partial charge in [-0.05, 0) is 85.8 Å². The topological polar surface area (TPSA) is 4.41 Å². The minimum Gasteiger partial charge on any atom is -0.308 e. The summed E-state index contributed by atoms with van der Waals surface area (Å²) in [7, 11) is 0. The minimum atomic E-state index is 1.24. The van der Waals surface area contributed by atoms with Crippen molar-refractivity contribution in [2.24, 2.45) is 0 Å². The van der Waals surface area contributed by atoms with Crippen LogP contribution in [0.2, 0.25) is 0 Å². The highest BCUT2D eigenvalue weighted by atomic mass is 14.9. The van der Waals surface area contributed by atoms with Gasteiger partial charge in [0.05, 0.1) is 16.6 Å². The molecule has 2 heterocycles. The van der Waals surface area contributed by atoms with E-state index in [9.17, 15) is 0 Å². The highest BCUT2D eigenvalue weighted by Crippen LogP contribution is 2.43. The molecule has 0 saturated carbocycles. The third-order valence-corrected chi connectivity index (χ3v) is 8.80. The number of para-hydroxylation sites is 1. The van der Waals surface area contributed by atoms with Crippen molar-refractivity contribution in [1.29, 1.82) is 0 Å². The molecule has 0 bridgehead atoms. The SMILES string of the molecule is c1cc2c3c4c(ccc3n3c5ccc6c(c5c(c1)c23)CCCCCCC6)CCCCCCC4. The van der Waals surface area contributed by atoms with Crippen molar-refractivity contribution in [1.82, 2.24) is 4.40 Å². The van der Waals surface area contributed by atoms with Gasteiger partial charge in [-0.1, -0.05) is 68.9 Å². The standard InChI is InChI=1S/C32H35N/c1-3-7-12-22-18-20-28-30(24(22)14-9-5-1)26-16-11-17-27-31-25-15-10-6-2-4-8-13-23(25)19-21-29(31)33(28)32(26)27/h11,16-21H,1-10,12-15H2. The van der Waals surface area contributed by atoms with E-state index in [1.165, 1.54) is 117 Å². The van der Waals surface area contributed by atoms with Gasteiger partial charge >= 0.3 is 0 Å². The van der Waals surface area contributed by atoms with Crippen LogP contribution in [0, 0.1) is 0 Å². The van der Waals surface area contributed by atoms with Crippen molar-refractivity contribution in [3.8, 4) is 0 Å². The summed E-state index contributed by atoms with van der Waals surface area (Å²) in [6.45, 7) is 0. The zero-order chi connectivity index (χ0) is 21.8. The molecule has 0 fully saturated rings. The first-order valence-corrected chi connectivity index (χ1v) is 13.7. The Morgan fingerprint density at radius 1 is 0.455 bits per heavy atom. The second-order valence-corrected chi connectivity index (χ2v) is 10.8. The van der Waals surface area contributed by atoms with Crippen molar-refractivity contribution >= 4 is 38.1 Å². The van der Waals surface area contributed by atoms with E-state index >= 15 is 0 Å². The average Bonchev–Trinajstić information content (AvgIpc) is 3.41. The van der Waals surface area contributed by atoms with Gasteiger partial charge in [-0.3, -0.25) is 0 Å². The van der Waals surface area contributed by atoms with Gasteiger partial charge < -0.3 is 4.40 Å². The molecular formula is C32H35N. The average molecular weight is 434 g/mol. The van der Waals surface area contributed by atoms with Gasteiger partial charge in [0.1, 0.15) is 0 Å². The fourth-order valence-electron chi connectivity index (χ4n) is 7.22. The van der Waals surface area contributed by atoms with E-state index in [-0.39, 0.29) is 0 Å². The van der Waals surface area contributed by atoms with Crippen LogP contribution in [-0.4, -0.2) is 4.40 Å². The summed E-state index contributed by atoms with van der Waals surface area (Å²) >= 11 is 0. The molecule has 0 atom stereocenters. The van der Waals surface area contributed by atoms with Crippen LogP contribution in [0.15, 0.2) is 42.5 Å². The summed E-state index contributed by atoms with van der Waals surface area (Å²) < 4.78 is 2.63. The molecule has 0 unspecified atom stereocenters. The number of aryl methyl sites for hydroxylation is 4. The Balaban J connectivity index is 1.57. The monoisotopic (exact) mass is 433 g/mol. The second kappa shape index (κ2) is 8.05. The molecule has 0 spiro atoms. The Labute approximate surface area is 197 Å². The fourth-order valence-corrected chi connectivity index (χ4v) is 7.22. The number of benzene rings is 3. The van der Waals surface area contributed by atoms with Crippen LogP contribution in [0.3, 0.4) is 0 Å². The van der Waals surface area contributed by atoms with Crippen molar-refractivity contribution in [2.75, 3.05) is 0 Å². The third kappa shape index (κ3) is 3.04. The van der Waals surface area contributed by atoms with E-state index in [1.54, 1.807) is 33.0 Å². The largest absolute Gasteiger partial charge is 0.308 e. The van der Waals surface area contributed by atoms with E-state index < -0.39 is 0 Å². The first-order valence-electron chi connectivity index (χ1n) is 13.7. The van der Waals surface area contributed by atoms with E-state index in [0.717, 1.165) is 0 Å². The Morgan fingerprint density at radius 2 is 0.909 bits per heavy atom. The highest BCUT2D eigenvalue weighted by molar-refractivity contribution is 6.24. The number of hydrogen-bond donors (Lipinski definition) is 0. The predicted octanol–water partition coefficient (Wildman–Crippen LogP) is 8.93. The molecule has 1 nitrogen and oxygen atoms in total. The Kier molecular flexibility index (Phi) is 4.85. The van der Waals surface area contributed by atoms with E-state index in [2.05, 4.69) is 46.9 Å². The molecule has 3 aromatic carbocycles. The quantitative estimate of drug-likeness (QED) is 0.229. The van der Waals surface area contributed by atoms with Crippen LogP contribution in [0.1, 0.15) is 86.5 Å². The lowest BCUT2D eigenvalue weighted by Crippen LogP contribution is -1.97. The van der Waals surface area contributed by atoms with Crippen LogP contribution in [0.25, 0.3) is 38.1 Å². The van der Waals surface area contributed by atoms with Crippen LogP contribution in [0.5, 0.6) is 0 Å². The van der Waals surface area contributed by atoms with Crippen molar-refractivity contribution in [2.45, 2.75) is 89.9 Å². The van der Waals surface area contributed by atoms with E-state index in [0.29, 0.717) is 0 Å². The van der Waals surface area contributed by atoms with Gasteiger partial charge in [0.2, 0.25) is 0 Å². The van der Waals surface area contributed by atoms with Crippen LogP contribution < -0.4 is 0 Å². The predicted molar refractivity (Wildman–Crippen MR) is 142 cm³/mol. The number of aromatic nitrogens is 1. The Morgan fingerprint density at radius 3 is 1.42 bits per heavy atom. The maximum Gasteiger partial charge on any atom is 0.0620 e. The highest BCUT2D eigenvalue weighted by Gasteiger charge is 2.23. The molecule has 2 aliphatic rings. The van der Waals surface area contributed by atoms with Crippen LogP contribution >= 0.6 is 0 Å². The van der Waals surface area contributed by atoms with Crippen molar-refractivity contribution < 1.29 is 0 Å². The lowest BCUT2D eigenvalue weighted by atomic mass is 9.92. The van der Waals surface area contributed by atoms with Gasteiger partial charge in [0.15, 0.2) is 0 Å². The van der Waals surface area contributed by atoms with Crippen LogP contribution in [-0.2, 0) is 25.7 Å². The third-order valence-electron chi connectivity index (χ3n) is 8.80. The molecule has 2 aromatic heterocycles. The summed E-state index contributed by atoms with van der Waals surface area (Å²) in [5.74, 6) is 0. The molecule has 168 valence electrons. The molecule has 5 aromatic rings. The van der Waals surface area contributed by atoms with Gasteiger partial charge in [-0.15, -0.1) is 0 Å². The molecule has 33 heavy (non-hydrogen) atoms. The summed E-state index contributed by atoms with van der Waals surface area (Å²) in [6, 6.07) is 17.0. The van der Waals surface area contributed by atoms with E-state index in [4.69, 9.17) is 0 Å². The summed E-state index contributed by atoms with van der Waals surface area (Å²) in [5.41, 5.74) is 10.9. The first-order chi connectivity index (χ1) is 16.4. The Hall–Kier alpha value is -2.54. The lowest BCUT2D eigenvalue weighted by molar-refractivity contribution is 0.629. The lowest BCUT2D eigenvalue weighted by Gasteiger charge is -2.13. The molecule has 7 rings (SSSR count). The summed E-state index contributed by atoms with van der Waals surface area (Å²) in [6.07, 6.45) is 18.7. The molecule has 2 aliphatic carbocycles. The Bertz CT molecular complexity index is 1360. The summed E-state index contributed by atoms with van der Waals surface area (Å²) in [4.78, 5) is 0. The van der Waals surface area contributed by atoms with E-state index in [1.807, 2.05) is 0 Å². The number of rotatable bonds is 0. The first kappa shape index (κ1) is 19.9. The number of nitrogens with zero attached hydrogens (tertiary/aromatic N) is 1. The number of hydrogen-bond acceptors (Lipinski definition) is 0. The van der Waals surface area contributed by atoms with Gasteiger partial charge in [-0.2, -0.15) is 0 Å². The zero-order valence-electron chi connectivity index (χ0n) is 19.9. The molecular weight excluding hydrogens is 398 g/mol. The molecule has 0 amide bonds. The minimum absolute atomic E-state index is 1.24. The maximum atomic E-state index is 2.63. The van der Waals surface area contributed by atoms with Gasteiger partial charge in [0, 0.05) is 21.5 Å². The fraction of sp³-hybridized carbons (Fsp3) is 0.438. The molecule has 0 aliphatic heterocycles. The molecule has 1 heteroatoms. The van der Waals surface area contributed by atoms with Gasteiger partial charge in [-0.25, -0.2) is 0 Å². The normalized spacial score (nSPS) is 18.4. The second-order valence-electron chi connectivity index (χ2n) is 10.8. The zero-order valence-corrected chi connectivity index (χ0v) is 19.9. The van der Waals surface area contributed by atoms with Gasteiger partial charge in [0.25, 0.3) is 0 Å². The van der Waals surface area contributed by atoms with Crippen molar-refractivity contribution in [3.63, 3.8) is 0 Å². The summed E-state index contributed by atoms with van der Waals surface area (Å²) in [5, 5.41) is 6.10. The molecule has 0 radical (unpaired) electrons. The van der Waals surface area contributed by atoms with Crippen LogP contribution in [0.4, 0.5) is 0 Å².